The number of carbonyl (C=O) groups excluding carboxylic acids is 2. The number of urea groups is 1. The SMILES string of the molecule is CC(C)(C)C1CCCN(CC(=O)NC(=O)NCc2cccs2)CC1. The average Bonchev–Trinajstić information content (AvgIpc) is 2.89. The van der Waals surface area contributed by atoms with Crippen LogP contribution in [0.1, 0.15) is 44.9 Å². The van der Waals surface area contributed by atoms with Crippen LogP contribution in [0, 0.1) is 11.3 Å². The number of rotatable bonds is 4. The van der Waals surface area contributed by atoms with Crippen molar-refractivity contribution in [2.75, 3.05) is 19.6 Å². The fourth-order valence-corrected chi connectivity index (χ4v) is 3.82. The molecule has 1 aliphatic rings. The molecule has 2 N–H and O–H groups in total. The van der Waals surface area contributed by atoms with Crippen LogP contribution in [-0.2, 0) is 11.3 Å². The molecule has 2 heterocycles. The van der Waals surface area contributed by atoms with Gasteiger partial charge in [0.15, 0.2) is 0 Å². The van der Waals surface area contributed by atoms with Gasteiger partial charge in [0.2, 0.25) is 5.91 Å². The molecule has 1 atom stereocenters. The topological polar surface area (TPSA) is 61.4 Å². The van der Waals surface area contributed by atoms with Gasteiger partial charge in [-0.25, -0.2) is 4.79 Å². The Morgan fingerprint density at radius 1 is 1.29 bits per heavy atom. The van der Waals surface area contributed by atoms with Crippen LogP contribution in [0.15, 0.2) is 17.5 Å². The molecule has 0 bridgehead atoms. The average molecular weight is 352 g/mol. The van der Waals surface area contributed by atoms with Crippen molar-refractivity contribution < 1.29 is 9.59 Å². The Balaban J connectivity index is 1.70. The Bertz CT molecular complexity index is 537. The number of nitrogens with one attached hydrogen (secondary N) is 2. The van der Waals surface area contributed by atoms with Gasteiger partial charge in [-0.1, -0.05) is 26.8 Å². The first-order valence-electron chi connectivity index (χ1n) is 8.67. The number of amides is 3. The van der Waals surface area contributed by atoms with Crippen LogP contribution in [0.4, 0.5) is 4.79 Å². The molecule has 0 saturated carbocycles. The summed E-state index contributed by atoms with van der Waals surface area (Å²) in [5.74, 6) is 0.465. The standard InChI is InChI=1S/C18H29N3O2S/c1-18(2,3)14-6-4-9-21(10-8-14)13-16(22)20-17(23)19-12-15-7-5-11-24-15/h5,7,11,14H,4,6,8-10,12-13H2,1-3H3,(H2,19,20,22,23). The zero-order chi connectivity index (χ0) is 17.6. The zero-order valence-electron chi connectivity index (χ0n) is 14.9. The van der Waals surface area contributed by atoms with Gasteiger partial charge in [0.1, 0.15) is 0 Å². The van der Waals surface area contributed by atoms with Gasteiger partial charge in [-0.2, -0.15) is 0 Å². The van der Waals surface area contributed by atoms with E-state index in [-0.39, 0.29) is 5.91 Å². The van der Waals surface area contributed by atoms with Crippen LogP contribution >= 0.6 is 11.3 Å². The molecule has 0 radical (unpaired) electrons. The van der Waals surface area contributed by atoms with Crippen molar-refractivity contribution in [2.45, 2.75) is 46.6 Å². The van der Waals surface area contributed by atoms with Crippen molar-refractivity contribution in [3.8, 4) is 0 Å². The summed E-state index contributed by atoms with van der Waals surface area (Å²) in [4.78, 5) is 27.1. The molecule has 3 amide bonds. The smallest absolute Gasteiger partial charge is 0.321 e. The lowest BCUT2D eigenvalue weighted by Crippen LogP contribution is -2.44. The summed E-state index contributed by atoms with van der Waals surface area (Å²) in [6, 6.07) is 3.47. The third-order valence-electron chi connectivity index (χ3n) is 4.67. The molecule has 1 aliphatic heterocycles. The van der Waals surface area contributed by atoms with E-state index < -0.39 is 6.03 Å². The van der Waals surface area contributed by atoms with E-state index in [1.165, 1.54) is 6.42 Å². The number of nitrogens with zero attached hydrogens (tertiary/aromatic N) is 1. The van der Waals surface area contributed by atoms with Crippen LogP contribution in [0.25, 0.3) is 0 Å². The van der Waals surface area contributed by atoms with Crippen molar-refractivity contribution >= 4 is 23.3 Å². The van der Waals surface area contributed by atoms with Crippen molar-refractivity contribution in [3.63, 3.8) is 0 Å². The molecule has 1 aromatic heterocycles. The lowest BCUT2D eigenvalue weighted by molar-refractivity contribution is -0.121. The molecule has 0 spiro atoms. The third kappa shape index (κ3) is 6.24. The van der Waals surface area contributed by atoms with E-state index in [0.29, 0.717) is 24.4 Å². The summed E-state index contributed by atoms with van der Waals surface area (Å²) in [5.41, 5.74) is 0.319. The molecule has 0 aromatic carbocycles. The molecule has 1 fully saturated rings. The molecule has 2 rings (SSSR count). The van der Waals surface area contributed by atoms with Crippen LogP contribution in [0.3, 0.4) is 0 Å². The number of likely N-dealkylation sites (tertiary alicyclic amines) is 1. The van der Waals surface area contributed by atoms with E-state index >= 15 is 0 Å². The Morgan fingerprint density at radius 2 is 2.08 bits per heavy atom. The molecular weight excluding hydrogens is 322 g/mol. The number of carbonyl (C=O) groups is 2. The third-order valence-corrected chi connectivity index (χ3v) is 5.55. The molecule has 0 aliphatic carbocycles. The molecule has 1 unspecified atom stereocenters. The van der Waals surface area contributed by atoms with E-state index in [2.05, 4.69) is 36.3 Å². The number of hydrogen-bond acceptors (Lipinski definition) is 4. The zero-order valence-corrected chi connectivity index (χ0v) is 15.7. The second-order valence-electron chi connectivity index (χ2n) is 7.58. The van der Waals surface area contributed by atoms with Crippen molar-refractivity contribution in [2.24, 2.45) is 11.3 Å². The van der Waals surface area contributed by atoms with Crippen LogP contribution in [-0.4, -0.2) is 36.5 Å². The summed E-state index contributed by atoms with van der Waals surface area (Å²) >= 11 is 1.58. The number of imide groups is 1. The minimum Gasteiger partial charge on any atom is -0.333 e. The molecule has 5 nitrogen and oxygen atoms in total. The Labute approximate surface area is 148 Å². The fraction of sp³-hybridized carbons (Fsp3) is 0.667. The lowest BCUT2D eigenvalue weighted by Gasteiger charge is -2.29. The maximum atomic E-state index is 12.1. The Hall–Kier alpha value is -1.40. The van der Waals surface area contributed by atoms with E-state index in [4.69, 9.17) is 0 Å². The molecule has 24 heavy (non-hydrogen) atoms. The molecule has 134 valence electrons. The largest absolute Gasteiger partial charge is 0.333 e. The summed E-state index contributed by atoms with van der Waals surface area (Å²) in [7, 11) is 0. The van der Waals surface area contributed by atoms with Crippen molar-refractivity contribution in [1.82, 2.24) is 15.5 Å². The minimum atomic E-state index is -0.421. The highest BCUT2D eigenvalue weighted by Crippen LogP contribution is 2.34. The predicted molar refractivity (Wildman–Crippen MR) is 97.9 cm³/mol. The normalized spacial score (nSPS) is 19.5. The number of hydrogen-bond donors (Lipinski definition) is 2. The van der Waals surface area contributed by atoms with Crippen LogP contribution < -0.4 is 10.6 Å². The van der Waals surface area contributed by atoms with E-state index in [1.807, 2.05) is 17.5 Å². The maximum absolute atomic E-state index is 12.1. The fourth-order valence-electron chi connectivity index (χ4n) is 3.17. The highest BCUT2D eigenvalue weighted by Gasteiger charge is 2.27. The summed E-state index contributed by atoms with van der Waals surface area (Å²) < 4.78 is 0. The second-order valence-corrected chi connectivity index (χ2v) is 8.61. The van der Waals surface area contributed by atoms with Gasteiger partial charge >= 0.3 is 6.03 Å². The van der Waals surface area contributed by atoms with E-state index in [0.717, 1.165) is 30.8 Å². The first kappa shape index (κ1) is 18.9. The quantitative estimate of drug-likeness (QED) is 0.875. The van der Waals surface area contributed by atoms with Gasteiger partial charge in [0.25, 0.3) is 0 Å². The predicted octanol–water partition coefficient (Wildman–Crippen LogP) is 3.22. The molecular formula is C18H29N3O2S. The van der Waals surface area contributed by atoms with E-state index in [1.54, 1.807) is 11.3 Å². The molecule has 1 saturated heterocycles. The van der Waals surface area contributed by atoms with Gasteiger partial charge in [-0.15, -0.1) is 11.3 Å². The molecule has 1 aromatic rings. The van der Waals surface area contributed by atoms with Gasteiger partial charge in [0, 0.05) is 4.88 Å². The summed E-state index contributed by atoms with van der Waals surface area (Å²) in [6.07, 6.45) is 3.43. The summed E-state index contributed by atoms with van der Waals surface area (Å²) in [6.45, 7) is 9.47. The molecule has 6 heteroatoms. The summed E-state index contributed by atoms with van der Waals surface area (Å²) in [5, 5.41) is 7.10. The highest BCUT2D eigenvalue weighted by molar-refractivity contribution is 7.09. The number of thiophene rings is 1. The van der Waals surface area contributed by atoms with Gasteiger partial charge < -0.3 is 5.32 Å². The monoisotopic (exact) mass is 351 g/mol. The second kappa shape index (κ2) is 8.62. The van der Waals surface area contributed by atoms with Crippen LogP contribution in [0.5, 0.6) is 0 Å². The van der Waals surface area contributed by atoms with Crippen molar-refractivity contribution in [3.05, 3.63) is 22.4 Å². The van der Waals surface area contributed by atoms with E-state index in [9.17, 15) is 9.59 Å². The highest BCUT2D eigenvalue weighted by atomic mass is 32.1. The van der Waals surface area contributed by atoms with Crippen LogP contribution in [0.2, 0.25) is 0 Å². The van der Waals surface area contributed by atoms with Gasteiger partial charge in [-0.05, 0) is 55.1 Å². The Kier molecular flexibility index (Phi) is 6.80. The maximum Gasteiger partial charge on any atom is 0.321 e. The first-order valence-corrected chi connectivity index (χ1v) is 9.55. The lowest BCUT2D eigenvalue weighted by atomic mass is 9.77. The van der Waals surface area contributed by atoms with Crippen molar-refractivity contribution in [1.29, 1.82) is 0 Å². The Morgan fingerprint density at radius 3 is 2.75 bits per heavy atom. The first-order chi connectivity index (χ1) is 11.3. The van der Waals surface area contributed by atoms with Gasteiger partial charge in [-0.3, -0.25) is 15.0 Å². The minimum absolute atomic E-state index is 0.229. The van der Waals surface area contributed by atoms with Gasteiger partial charge in [0.05, 0.1) is 13.1 Å².